The van der Waals surface area contributed by atoms with Crippen LogP contribution in [0.15, 0.2) is 54.7 Å². The molecule has 1 fully saturated rings. The molecule has 1 aliphatic heterocycles. The Bertz CT molecular complexity index is 994. The van der Waals surface area contributed by atoms with Crippen LogP contribution in [0.1, 0.15) is 12.0 Å². The first-order valence-corrected chi connectivity index (χ1v) is 9.39. The van der Waals surface area contributed by atoms with Crippen LogP contribution in [0.4, 0.5) is 14.5 Å². The summed E-state index contributed by atoms with van der Waals surface area (Å²) in [6.45, 7) is 1.95. The summed E-state index contributed by atoms with van der Waals surface area (Å²) in [6, 6.07) is 13.9. The van der Waals surface area contributed by atoms with Crippen LogP contribution in [0.25, 0.3) is 10.9 Å². The van der Waals surface area contributed by atoms with Gasteiger partial charge in [0.15, 0.2) is 5.82 Å². The number of likely N-dealkylation sites (tertiary alicyclic amines) is 1. The number of amides is 1. The number of hydrogen-bond acceptors (Lipinski definition) is 3. The van der Waals surface area contributed by atoms with Crippen molar-refractivity contribution in [1.82, 2.24) is 9.88 Å². The SMILES string of the molecule is O=C1CC(CNc2ccnc3c(F)cc(F)cc23)CN1CCc1ccccc1. The molecule has 4 rings (SSSR count). The summed E-state index contributed by atoms with van der Waals surface area (Å²) >= 11 is 0. The van der Waals surface area contributed by atoms with Crippen molar-refractivity contribution in [2.75, 3.05) is 25.0 Å². The van der Waals surface area contributed by atoms with Crippen molar-refractivity contribution >= 4 is 22.5 Å². The molecule has 1 N–H and O–H groups in total. The Hall–Kier alpha value is -3.02. The average molecular weight is 381 g/mol. The Morgan fingerprint density at radius 1 is 1.14 bits per heavy atom. The maximum absolute atomic E-state index is 13.9. The van der Waals surface area contributed by atoms with Gasteiger partial charge in [-0.15, -0.1) is 0 Å². The van der Waals surface area contributed by atoms with Gasteiger partial charge in [0.1, 0.15) is 11.3 Å². The molecule has 1 unspecified atom stereocenters. The van der Waals surface area contributed by atoms with Gasteiger partial charge in [-0.1, -0.05) is 30.3 Å². The van der Waals surface area contributed by atoms with E-state index in [-0.39, 0.29) is 17.3 Å². The molecule has 1 aromatic heterocycles. The third kappa shape index (κ3) is 3.96. The number of halogens is 2. The van der Waals surface area contributed by atoms with Gasteiger partial charge in [0, 0.05) is 55.3 Å². The molecule has 1 amide bonds. The fraction of sp³-hybridized carbons (Fsp3) is 0.273. The molecular weight excluding hydrogens is 360 g/mol. The molecular formula is C22H21F2N3O. The highest BCUT2D eigenvalue weighted by molar-refractivity contribution is 5.91. The first-order chi connectivity index (χ1) is 13.6. The van der Waals surface area contributed by atoms with Gasteiger partial charge in [-0.25, -0.2) is 8.78 Å². The highest BCUT2D eigenvalue weighted by atomic mass is 19.1. The molecule has 1 saturated heterocycles. The zero-order chi connectivity index (χ0) is 19.5. The first-order valence-electron chi connectivity index (χ1n) is 9.39. The molecule has 0 bridgehead atoms. The fourth-order valence-electron chi connectivity index (χ4n) is 3.70. The van der Waals surface area contributed by atoms with Crippen molar-refractivity contribution in [3.8, 4) is 0 Å². The molecule has 1 aliphatic rings. The molecule has 3 aromatic rings. The predicted octanol–water partition coefficient (Wildman–Crippen LogP) is 4.02. The Morgan fingerprint density at radius 2 is 1.96 bits per heavy atom. The van der Waals surface area contributed by atoms with E-state index in [1.807, 2.05) is 23.1 Å². The molecule has 0 saturated carbocycles. The van der Waals surface area contributed by atoms with Crippen LogP contribution >= 0.6 is 0 Å². The normalized spacial score (nSPS) is 16.7. The van der Waals surface area contributed by atoms with Crippen LogP contribution in [0.2, 0.25) is 0 Å². The summed E-state index contributed by atoms with van der Waals surface area (Å²) in [5.41, 5.74) is 1.97. The van der Waals surface area contributed by atoms with E-state index in [0.29, 0.717) is 37.1 Å². The van der Waals surface area contributed by atoms with Gasteiger partial charge in [-0.2, -0.15) is 0 Å². The summed E-state index contributed by atoms with van der Waals surface area (Å²) < 4.78 is 27.5. The lowest BCUT2D eigenvalue weighted by Gasteiger charge is -2.17. The second-order valence-corrected chi connectivity index (χ2v) is 7.17. The van der Waals surface area contributed by atoms with Crippen molar-refractivity contribution in [1.29, 1.82) is 0 Å². The number of anilines is 1. The van der Waals surface area contributed by atoms with Gasteiger partial charge >= 0.3 is 0 Å². The predicted molar refractivity (Wildman–Crippen MR) is 105 cm³/mol. The molecule has 2 aromatic carbocycles. The number of hydrogen-bond donors (Lipinski definition) is 1. The van der Waals surface area contributed by atoms with E-state index < -0.39 is 11.6 Å². The van der Waals surface area contributed by atoms with Crippen LogP contribution in [0, 0.1) is 17.6 Å². The molecule has 1 atom stereocenters. The minimum Gasteiger partial charge on any atom is -0.384 e. The van der Waals surface area contributed by atoms with Gasteiger partial charge in [0.05, 0.1) is 0 Å². The lowest BCUT2D eigenvalue weighted by atomic mass is 10.1. The van der Waals surface area contributed by atoms with E-state index in [0.717, 1.165) is 12.5 Å². The lowest BCUT2D eigenvalue weighted by Crippen LogP contribution is -2.28. The molecule has 144 valence electrons. The van der Waals surface area contributed by atoms with E-state index in [9.17, 15) is 13.6 Å². The third-order valence-electron chi connectivity index (χ3n) is 5.15. The highest BCUT2D eigenvalue weighted by Crippen LogP contribution is 2.26. The largest absolute Gasteiger partial charge is 0.384 e. The third-order valence-corrected chi connectivity index (χ3v) is 5.15. The van der Waals surface area contributed by atoms with Crippen LogP contribution in [-0.4, -0.2) is 35.4 Å². The summed E-state index contributed by atoms with van der Waals surface area (Å²) in [5.74, 6) is -1.00. The number of pyridine rings is 1. The number of carbonyl (C=O) groups is 1. The standard InChI is InChI=1S/C22H21F2N3O/c23-17-11-18-20(6-8-25-22(18)19(24)12-17)26-13-16-10-21(28)27(14-16)9-7-15-4-2-1-3-5-15/h1-6,8,11-12,16H,7,9-10,13-14H2,(H,25,26). The number of rotatable bonds is 6. The van der Waals surface area contributed by atoms with Crippen LogP contribution in [-0.2, 0) is 11.2 Å². The number of carbonyl (C=O) groups excluding carboxylic acids is 1. The quantitative estimate of drug-likeness (QED) is 0.702. The number of aromatic nitrogens is 1. The van der Waals surface area contributed by atoms with Crippen molar-refractivity contribution in [2.45, 2.75) is 12.8 Å². The monoisotopic (exact) mass is 381 g/mol. The smallest absolute Gasteiger partial charge is 0.223 e. The van der Waals surface area contributed by atoms with Gasteiger partial charge < -0.3 is 10.2 Å². The highest BCUT2D eigenvalue weighted by Gasteiger charge is 2.29. The Labute approximate surface area is 162 Å². The van der Waals surface area contributed by atoms with Crippen molar-refractivity contribution in [3.63, 3.8) is 0 Å². The van der Waals surface area contributed by atoms with Gasteiger partial charge in [0.25, 0.3) is 0 Å². The molecule has 0 radical (unpaired) electrons. The number of fused-ring (bicyclic) bond motifs is 1. The molecule has 2 heterocycles. The second-order valence-electron chi connectivity index (χ2n) is 7.17. The molecule has 4 nitrogen and oxygen atoms in total. The molecule has 6 heteroatoms. The van der Waals surface area contributed by atoms with Crippen molar-refractivity contribution in [3.05, 3.63) is 71.9 Å². The summed E-state index contributed by atoms with van der Waals surface area (Å²) in [5, 5.41) is 3.65. The van der Waals surface area contributed by atoms with Gasteiger partial charge in [-0.3, -0.25) is 9.78 Å². The number of nitrogens with zero attached hydrogens (tertiary/aromatic N) is 2. The zero-order valence-corrected chi connectivity index (χ0v) is 15.4. The maximum Gasteiger partial charge on any atom is 0.223 e. The van der Waals surface area contributed by atoms with E-state index in [1.165, 1.54) is 17.8 Å². The zero-order valence-electron chi connectivity index (χ0n) is 15.4. The van der Waals surface area contributed by atoms with Crippen LogP contribution < -0.4 is 5.32 Å². The number of nitrogens with one attached hydrogen (secondary N) is 1. The fourth-order valence-corrected chi connectivity index (χ4v) is 3.70. The molecule has 0 aliphatic carbocycles. The van der Waals surface area contributed by atoms with E-state index in [4.69, 9.17) is 0 Å². The second kappa shape index (κ2) is 7.92. The first kappa shape index (κ1) is 18.3. The minimum absolute atomic E-state index is 0.137. The van der Waals surface area contributed by atoms with Crippen LogP contribution in [0.5, 0.6) is 0 Å². The van der Waals surface area contributed by atoms with Crippen molar-refractivity contribution < 1.29 is 13.6 Å². The lowest BCUT2D eigenvalue weighted by molar-refractivity contribution is -0.127. The van der Waals surface area contributed by atoms with Gasteiger partial charge in [-0.05, 0) is 24.1 Å². The molecule has 0 spiro atoms. The summed E-state index contributed by atoms with van der Waals surface area (Å²) in [7, 11) is 0. The van der Waals surface area contributed by atoms with E-state index in [1.54, 1.807) is 6.07 Å². The minimum atomic E-state index is -0.679. The Kier molecular flexibility index (Phi) is 5.19. The summed E-state index contributed by atoms with van der Waals surface area (Å²) in [4.78, 5) is 18.2. The topological polar surface area (TPSA) is 45.2 Å². The maximum atomic E-state index is 13.9. The van der Waals surface area contributed by atoms with E-state index >= 15 is 0 Å². The van der Waals surface area contributed by atoms with Crippen LogP contribution in [0.3, 0.4) is 0 Å². The summed E-state index contributed by atoms with van der Waals surface area (Å²) in [6.07, 6.45) is 2.81. The number of benzene rings is 2. The van der Waals surface area contributed by atoms with Crippen molar-refractivity contribution in [2.24, 2.45) is 5.92 Å². The van der Waals surface area contributed by atoms with Gasteiger partial charge in [0.2, 0.25) is 5.91 Å². The average Bonchev–Trinajstić information content (AvgIpc) is 3.05. The Morgan fingerprint density at radius 3 is 2.79 bits per heavy atom. The Balaban J connectivity index is 1.38. The molecule has 28 heavy (non-hydrogen) atoms. The van der Waals surface area contributed by atoms with E-state index in [2.05, 4.69) is 22.4 Å².